The van der Waals surface area contributed by atoms with E-state index < -0.39 is 11.3 Å². The van der Waals surface area contributed by atoms with Crippen molar-refractivity contribution >= 4 is 57.5 Å². The summed E-state index contributed by atoms with van der Waals surface area (Å²) >= 11 is 8.65. The lowest BCUT2D eigenvalue weighted by molar-refractivity contribution is -0.119. The van der Waals surface area contributed by atoms with E-state index in [-0.39, 0.29) is 11.9 Å². The zero-order chi connectivity index (χ0) is 17.8. The van der Waals surface area contributed by atoms with Crippen LogP contribution in [0.3, 0.4) is 0 Å². The first kappa shape index (κ1) is 18.0. The number of thioether (sulfide) groups is 1. The largest absolute Gasteiger partial charge is 0.335 e. The number of urea groups is 1. The van der Waals surface area contributed by atoms with Gasteiger partial charge in [0.1, 0.15) is 0 Å². The lowest BCUT2D eigenvalue weighted by Crippen LogP contribution is -2.43. The number of carbonyl (C=O) groups excluding carboxylic acids is 2. The van der Waals surface area contributed by atoms with Gasteiger partial charge in [-0.1, -0.05) is 46.8 Å². The van der Waals surface area contributed by atoms with E-state index in [0.717, 1.165) is 18.5 Å². The highest BCUT2D eigenvalue weighted by molar-refractivity contribution is 8.02. The molecule has 0 aliphatic heterocycles. The Hall–Kier alpha value is -1.84. The minimum Gasteiger partial charge on any atom is -0.335 e. The second-order valence-electron chi connectivity index (χ2n) is 5.48. The number of anilines is 2. The van der Waals surface area contributed by atoms with E-state index in [9.17, 15) is 9.59 Å². The monoisotopic (exact) mass is 397 g/mol. The van der Waals surface area contributed by atoms with E-state index in [0.29, 0.717) is 14.5 Å². The zero-order valence-corrected chi connectivity index (χ0v) is 15.7. The van der Waals surface area contributed by atoms with Crippen molar-refractivity contribution in [3.63, 3.8) is 0 Å². The summed E-state index contributed by atoms with van der Waals surface area (Å²) in [6, 6.07) is 7.08. The van der Waals surface area contributed by atoms with Crippen LogP contribution in [-0.2, 0) is 4.79 Å². The highest BCUT2D eigenvalue weighted by Crippen LogP contribution is 2.32. The fourth-order valence-electron chi connectivity index (χ4n) is 1.85. The highest BCUT2D eigenvalue weighted by atomic mass is 35.5. The molecule has 132 valence electrons. The molecule has 10 heteroatoms. The number of benzene rings is 1. The number of para-hydroxylation sites is 1. The molecule has 1 fully saturated rings. The molecule has 1 aromatic heterocycles. The predicted octanol–water partition coefficient (Wildman–Crippen LogP) is 3.40. The molecule has 0 radical (unpaired) electrons. The molecule has 0 bridgehead atoms. The Kier molecular flexibility index (Phi) is 5.77. The summed E-state index contributed by atoms with van der Waals surface area (Å²) in [5, 5.41) is 16.9. The molecule has 0 saturated heterocycles. The van der Waals surface area contributed by atoms with Crippen LogP contribution >= 0.6 is 34.7 Å². The average molecular weight is 398 g/mol. The van der Waals surface area contributed by atoms with Crippen molar-refractivity contribution in [2.75, 3.05) is 5.32 Å². The van der Waals surface area contributed by atoms with E-state index >= 15 is 0 Å². The quantitative estimate of drug-likeness (QED) is 0.646. The van der Waals surface area contributed by atoms with Crippen molar-refractivity contribution < 1.29 is 9.59 Å². The Morgan fingerprint density at radius 2 is 2.08 bits per heavy atom. The third-order valence-electron chi connectivity index (χ3n) is 3.32. The predicted molar refractivity (Wildman–Crippen MR) is 99.7 cm³/mol. The number of nitrogens with one attached hydrogen (secondary N) is 3. The van der Waals surface area contributed by atoms with E-state index in [1.54, 1.807) is 13.0 Å². The minimum absolute atomic E-state index is 0.206. The smallest absolute Gasteiger partial charge is 0.321 e. The molecule has 0 spiro atoms. The topological polar surface area (TPSA) is 96.0 Å². The Labute approximate surface area is 157 Å². The maximum atomic E-state index is 12.0. The first-order valence-electron chi connectivity index (χ1n) is 7.64. The molecule has 25 heavy (non-hydrogen) atoms. The number of imide groups is 1. The van der Waals surface area contributed by atoms with Gasteiger partial charge in [-0.25, -0.2) is 4.79 Å². The Balaban J connectivity index is 1.52. The van der Waals surface area contributed by atoms with Crippen molar-refractivity contribution in [3.05, 3.63) is 29.3 Å². The zero-order valence-electron chi connectivity index (χ0n) is 13.3. The first-order valence-corrected chi connectivity index (χ1v) is 9.72. The maximum Gasteiger partial charge on any atom is 0.321 e. The van der Waals surface area contributed by atoms with E-state index in [4.69, 9.17) is 11.6 Å². The van der Waals surface area contributed by atoms with Crippen LogP contribution in [0.25, 0.3) is 0 Å². The fraction of sp³-hybridized carbons (Fsp3) is 0.333. The van der Waals surface area contributed by atoms with Crippen LogP contribution in [0.2, 0.25) is 5.02 Å². The standard InChI is InChI=1S/C15H16ClN5O2S2/c1-8(12(22)19-13(23)17-9-6-7-9)24-15-21-20-14(25-15)18-11-5-3-2-4-10(11)16/h2-5,8-9H,6-7H2,1H3,(H,18,20)(H2,17,19,22,23). The number of amides is 3. The molecule has 1 atom stereocenters. The lowest BCUT2D eigenvalue weighted by atomic mass is 10.3. The average Bonchev–Trinajstić information content (AvgIpc) is 3.27. The number of halogens is 1. The molecule has 1 unspecified atom stereocenters. The van der Waals surface area contributed by atoms with Gasteiger partial charge in [-0.3, -0.25) is 10.1 Å². The number of hydrogen-bond donors (Lipinski definition) is 3. The highest BCUT2D eigenvalue weighted by Gasteiger charge is 2.25. The third kappa shape index (κ3) is 5.32. The fourth-order valence-corrected chi connectivity index (χ4v) is 3.94. The van der Waals surface area contributed by atoms with Crippen molar-refractivity contribution in [2.24, 2.45) is 0 Å². The summed E-state index contributed by atoms with van der Waals surface area (Å²) in [5.41, 5.74) is 0.736. The Morgan fingerprint density at radius 3 is 2.80 bits per heavy atom. The van der Waals surface area contributed by atoms with Gasteiger partial charge in [0.25, 0.3) is 0 Å². The van der Waals surface area contributed by atoms with Crippen LogP contribution in [0.15, 0.2) is 28.6 Å². The second kappa shape index (κ2) is 8.03. The normalized spacial score (nSPS) is 14.6. The van der Waals surface area contributed by atoms with Gasteiger partial charge in [0, 0.05) is 6.04 Å². The molecule has 2 aromatic rings. The lowest BCUT2D eigenvalue weighted by Gasteiger charge is -2.09. The molecule has 1 aliphatic rings. The van der Waals surface area contributed by atoms with Gasteiger partial charge in [-0.05, 0) is 31.9 Å². The summed E-state index contributed by atoms with van der Waals surface area (Å²) in [4.78, 5) is 23.6. The van der Waals surface area contributed by atoms with E-state index in [2.05, 4.69) is 26.1 Å². The van der Waals surface area contributed by atoms with Gasteiger partial charge in [0.2, 0.25) is 11.0 Å². The second-order valence-corrected chi connectivity index (χ2v) is 8.45. The van der Waals surface area contributed by atoms with Crippen LogP contribution in [0, 0.1) is 0 Å². The summed E-state index contributed by atoms with van der Waals surface area (Å²) < 4.78 is 0.625. The third-order valence-corrected chi connectivity index (χ3v) is 5.67. The van der Waals surface area contributed by atoms with Crippen LogP contribution < -0.4 is 16.0 Å². The summed E-state index contributed by atoms with van der Waals surface area (Å²) in [6.07, 6.45) is 1.94. The van der Waals surface area contributed by atoms with Crippen molar-refractivity contribution in [3.8, 4) is 0 Å². The number of carbonyl (C=O) groups is 2. The van der Waals surface area contributed by atoms with Gasteiger partial charge in [0.15, 0.2) is 4.34 Å². The summed E-state index contributed by atoms with van der Waals surface area (Å²) in [7, 11) is 0. The van der Waals surface area contributed by atoms with Gasteiger partial charge >= 0.3 is 6.03 Å². The molecule has 3 rings (SSSR count). The molecule has 1 heterocycles. The molecule has 3 amide bonds. The summed E-state index contributed by atoms with van der Waals surface area (Å²) in [5.74, 6) is -0.362. The Morgan fingerprint density at radius 1 is 1.32 bits per heavy atom. The van der Waals surface area contributed by atoms with Crippen LogP contribution in [0.5, 0.6) is 0 Å². The summed E-state index contributed by atoms with van der Waals surface area (Å²) in [6.45, 7) is 1.72. The molecular formula is C15H16ClN5O2S2. The van der Waals surface area contributed by atoms with Gasteiger partial charge in [0.05, 0.1) is 16.0 Å². The number of hydrogen-bond acceptors (Lipinski definition) is 7. The first-order chi connectivity index (χ1) is 12.0. The molecule has 3 N–H and O–H groups in total. The van der Waals surface area contributed by atoms with E-state index in [1.165, 1.54) is 23.1 Å². The van der Waals surface area contributed by atoms with Gasteiger partial charge in [-0.2, -0.15) is 0 Å². The Bertz CT molecular complexity index is 781. The molecular weight excluding hydrogens is 382 g/mol. The SMILES string of the molecule is CC(Sc1nnc(Nc2ccccc2Cl)s1)C(=O)NC(=O)NC1CC1. The van der Waals surface area contributed by atoms with Crippen molar-refractivity contribution in [2.45, 2.75) is 35.4 Å². The van der Waals surface area contributed by atoms with Crippen LogP contribution in [-0.4, -0.2) is 33.4 Å². The number of nitrogens with zero attached hydrogens (tertiary/aromatic N) is 2. The van der Waals surface area contributed by atoms with Crippen LogP contribution in [0.4, 0.5) is 15.6 Å². The van der Waals surface area contributed by atoms with Crippen LogP contribution in [0.1, 0.15) is 19.8 Å². The van der Waals surface area contributed by atoms with Gasteiger partial charge in [-0.15, -0.1) is 10.2 Å². The minimum atomic E-state index is -0.467. The number of aromatic nitrogens is 2. The molecule has 7 nitrogen and oxygen atoms in total. The van der Waals surface area contributed by atoms with E-state index in [1.807, 2.05) is 18.2 Å². The molecule has 1 aromatic carbocycles. The van der Waals surface area contributed by atoms with Crippen molar-refractivity contribution in [1.82, 2.24) is 20.8 Å². The molecule has 1 saturated carbocycles. The molecule has 1 aliphatic carbocycles. The maximum absolute atomic E-state index is 12.0. The van der Waals surface area contributed by atoms with Gasteiger partial charge < -0.3 is 10.6 Å². The van der Waals surface area contributed by atoms with Crippen molar-refractivity contribution in [1.29, 1.82) is 0 Å². The number of rotatable bonds is 6.